The number of halogens is 1. The molecule has 8 heteroatoms. The first-order valence-electron chi connectivity index (χ1n) is 7.52. The Labute approximate surface area is 147 Å². The molecule has 0 bridgehead atoms. The van der Waals surface area contributed by atoms with Crippen LogP contribution in [0.25, 0.3) is 0 Å². The Bertz CT molecular complexity index is 574. The first kappa shape index (κ1) is 20.1. The standard InChI is InChI=1S/C16H23N3O4.ClH/c1-10(8-17)18-16(21)11-4-15(20)19(9-11)12-5-13(22-2)7-14(6-12)23-3;/h5-7,10-11H,4,8-9,17H2,1-3H3,(H,18,21);1H/t10-,11?;/m0./s1. The predicted molar refractivity (Wildman–Crippen MR) is 93.9 cm³/mol. The van der Waals surface area contributed by atoms with Crippen LogP contribution >= 0.6 is 12.4 Å². The summed E-state index contributed by atoms with van der Waals surface area (Å²) in [6.07, 6.45) is 0.183. The zero-order chi connectivity index (χ0) is 17.0. The highest BCUT2D eigenvalue weighted by Crippen LogP contribution is 2.32. The lowest BCUT2D eigenvalue weighted by Gasteiger charge is -2.19. The number of hydrogen-bond donors (Lipinski definition) is 2. The third kappa shape index (κ3) is 4.52. The van der Waals surface area contributed by atoms with Gasteiger partial charge < -0.3 is 25.4 Å². The summed E-state index contributed by atoms with van der Waals surface area (Å²) in [7, 11) is 3.10. The summed E-state index contributed by atoms with van der Waals surface area (Å²) in [5.41, 5.74) is 6.17. The zero-order valence-electron chi connectivity index (χ0n) is 14.1. The second-order valence-electron chi connectivity index (χ2n) is 5.62. The Morgan fingerprint density at radius 2 is 1.92 bits per heavy atom. The van der Waals surface area contributed by atoms with Gasteiger partial charge in [-0.25, -0.2) is 0 Å². The van der Waals surface area contributed by atoms with E-state index in [1.54, 1.807) is 37.3 Å². The molecular weight excluding hydrogens is 334 g/mol. The minimum Gasteiger partial charge on any atom is -0.497 e. The maximum atomic E-state index is 12.3. The van der Waals surface area contributed by atoms with E-state index in [1.807, 2.05) is 6.92 Å². The second kappa shape index (κ2) is 8.75. The van der Waals surface area contributed by atoms with Crippen molar-refractivity contribution in [2.45, 2.75) is 19.4 Å². The van der Waals surface area contributed by atoms with E-state index in [1.165, 1.54) is 0 Å². The Morgan fingerprint density at radius 3 is 2.42 bits per heavy atom. The van der Waals surface area contributed by atoms with Crippen molar-refractivity contribution in [1.82, 2.24) is 5.32 Å². The van der Waals surface area contributed by atoms with E-state index in [9.17, 15) is 9.59 Å². The van der Waals surface area contributed by atoms with Crippen molar-refractivity contribution in [3.63, 3.8) is 0 Å². The molecule has 0 spiro atoms. The number of rotatable bonds is 6. The van der Waals surface area contributed by atoms with E-state index < -0.39 is 0 Å². The fourth-order valence-corrected chi connectivity index (χ4v) is 2.50. The Morgan fingerprint density at radius 1 is 1.33 bits per heavy atom. The van der Waals surface area contributed by atoms with Crippen molar-refractivity contribution in [2.24, 2.45) is 11.7 Å². The largest absolute Gasteiger partial charge is 0.497 e. The molecule has 0 aliphatic carbocycles. The third-order valence-electron chi connectivity index (χ3n) is 3.89. The molecule has 3 N–H and O–H groups in total. The van der Waals surface area contributed by atoms with Gasteiger partial charge in [-0.1, -0.05) is 0 Å². The van der Waals surface area contributed by atoms with E-state index in [4.69, 9.17) is 15.2 Å². The van der Waals surface area contributed by atoms with Crippen LogP contribution in [0.1, 0.15) is 13.3 Å². The zero-order valence-corrected chi connectivity index (χ0v) is 14.9. The molecule has 1 unspecified atom stereocenters. The number of nitrogens with one attached hydrogen (secondary N) is 1. The molecule has 1 aliphatic heterocycles. The molecule has 2 atom stereocenters. The molecule has 1 heterocycles. The summed E-state index contributed by atoms with van der Waals surface area (Å²) < 4.78 is 10.4. The van der Waals surface area contributed by atoms with Crippen molar-refractivity contribution >= 4 is 29.9 Å². The number of carbonyl (C=O) groups is 2. The highest BCUT2D eigenvalue weighted by molar-refractivity contribution is 6.00. The first-order chi connectivity index (χ1) is 11.0. The molecule has 0 aromatic heterocycles. The monoisotopic (exact) mass is 357 g/mol. The van der Waals surface area contributed by atoms with E-state index in [-0.39, 0.29) is 42.6 Å². The second-order valence-corrected chi connectivity index (χ2v) is 5.62. The van der Waals surface area contributed by atoms with Crippen LogP contribution in [0.4, 0.5) is 5.69 Å². The lowest BCUT2D eigenvalue weighted by atomic mass is 10.1. The number of nitrogens with two attached hydrogens (primary N) is 1. The molecule has 2 rings (SSSR count). The van der Waals surface area contributed by atoms with Crippen LogP contribution in [-0.2, 0) is 9.59 Å². The summed E-state index contributed by atoms with van der Waals surface area (Å²) in [6.45, 7) is 2.53. The van der Waals surface area contributed by atoms with Gasteiger partial charge in [0.05, 0.1) is 25.8 Å². The fraction of sp³-hybridized carbons (Fsp3) is 0.500. The summed E-state index contributed by atoms with van der Waals surface area (Å²) in [5.74, 6) is 0.567. The molecule has 24 heavy (non-hydrogen) atoms. The molecule has 2 amide bonds. The fourth-order valence-electron chi connectivity index (χ4n) is 2.50. The van der Waals surface area contributed by atoms with Crippen LogP contribution in [0.5, 0.6) is 11.5 Å². The van der Waals surface area contributed by atoms with Crippen LogP contribution in [0.2, 0.25) is 0 Å². The summed E-state index contributed by atoms with van der Waals surface area (Å²) in [5, 5.41) is 2.82. The molecule has 134 valence electrons. The Balaban J connectivity index is 0.00000288. The van der Waals surface area contributed by atoms with Crippen LogP contribution in [-0.4, -0.2) is 45.2 Å². The number of benzene rings is 1. The van der Waals surface area contributed by atoms with Gasteiger partial charge in [-0.15, -0.1) is 12.4 Å². The maximum absolute atomic E-state index is 12.3. The Hall–Kier alpha value is -1.99. The molecule has 1 saturated heterocycles. The molecule has 0 saturated carbocycles. The molecule has 1 aromatic carbocycles. The van der Waals surface area contributed by atoms with Gasteiger partial charge >= 0.3 is 0 Å². The number of anilines is 1. The maximum Gasteiger partial charge on any atom is 0.227 e. The van der Waals surface area contributed by atoms with Crippen LogP contribution in [0.3, 0.4) is 0 Å². The molecule has 1 aromatic rings. The summed E-state index contributed by atoms with van der Waals surface area (Å²) >= 11 is 0. The van der Waals surface area contributed by atoms with Crippen molar-refractivity contribution < 1.29 is 19.1 Å². The number of ether oxygens (including phenoxy) is 2. The molecule has 1 fully saturated rings. The highest BCUT2D eigenvalue weighted by atomic mass is 35.5. The molecular formula is C16H24ClN3O4. The van der Waals surface area contributed by atoms with Crippen LogP contribution < -0.4 is 25.4 Å². The van der Waals surface area contributed by atoms with Gasteiger partial charge in [0.1, 0.15) is 11.5 Å². The van der Waals surface area contributed by atoms with E-state index in [2.05, 4.69) is 5.32 Å². The summed E-state index contributed by atoms with van der Waals surface area (Å²) in [6, 6.07) is 5.13. The van der Waals surface area contributed by atoms with Gasteiger partial charge in [0, 0.05) is 43.8 Å². The van der Waals surface area contributed by atoms with E-state index >= 15 is 0 Å². The topological polar surface area (TPSA) is 93.9 Å². The molecule has 7 nitrogen and oxygen atoms in total. The van der Waals surface area contributed by atoms with Gasteiger partial charge in [0.2, 0.25) is 11.8 Å². The normalized spacial score (nSPS) is 17.9. The van der Waals surface area contributed by atoms with Crippen molar-refractivity contribution in [3.8, 4) is 11.5 Å². The van der Waals surface area contributed by atoms with Crippen LogP contribution in [0, 0.1) is 5.92 Å². The number of amides is 2. The Kier molecular flexibility index (Phi) is 7.31. The predicted octanol–water partition coefficient (Wildman–Crippen LogP) is 0.942. The van der Waals surface area contributed by atoms with Gasteiger partial charge in [-0.3, -0.25) is 9.59 Å². The first-order valence-corrected chi connectivity index (χ1v) is 7.52. The van der Waals surface area contributed by atoms with Gasteiger partial charge in [0.25, 0.3) is 0 Å². The number of methoxy groups -OCH3 is 2. The van der Waals surface area contributed by atoms with Gasteiger partial charge in [0.15, 0.2) is 0 Å². The smallest absolute Gasteiger partial charge is 0.227 e. The van der Waals surface area contributed by atoms with E-state index in [0.717, 1.165) is 0 Å². The SMILES string of the molecule is COc1cc(OC)cc(N2CC(C(=O)N[C@@H](C)CN)CC2=O)c1.Cl. The number of carbonyl (C=O) groups excluding carboxylic acids is 2. The molecule has 0 radical (unpaired) electrons. The number of nitrogens with zero attached hydrogens (tertiary/aromatic N) is 1. The lowest BCUT2D eigenvalue weighted by Crippen LogP contribution is -2.41. The van der Waals surface area contributed by atoms with Crippen molar-refractivity contribution in [3.05, 3.63) is 18.2 Å². The van der Waals surface area contributed by atoms with E-state index in [0.29, 0.717) is 30.3 Å². The van der Waals surface area contributed by atoms with Crippen molar-refractivity contribution in [2.75, 3.05) is 32.2 Å². The minimum atomic E-state index is -0.381. The van der Waals surface area contributed by atoms with Gasteiger partial charge in [-0.2, -0.15) is 0 Å². The lowest BCUT2D eigenvalue weighted by molar-refractivity contribution is -0.126. The average molecular weight is 358 g/mol. The minimum absolute atomic E-state index is 0. The third-order valence-corrected chi connectivity index (χ3v) is 3.89. The van der Waals surface area contributed by atoms with Gasteiger partial charge in [-0.05, 0) is 6.92 Å². The van der Waals surface area contributed by atoms with Crippen LogP contribution in [0.15, 0.2) is 18.2 Å². The van der Waals surface area contributed by atoms with Crippen molar-refractivity contribution in [1.29, 1.82) is 0 Å². The number of hydrogen-bond acceptors (Lipinski definition) is 5. The highest BCUT2D eigenvalue weighted by Gasteiger charge is 2.35. The molecule has 1 aliphatic rings. The quantitative estimate of drug-likeness (QED) is 0.790. The average Bonchev–Trinajstić information content (AvgIpc) is 2.96. The summed E-state index contributed by atoms with van der Waals surface area (Å²) in [4.78, 5) is 26.1.